The van der Waals surface area contributed by atoms with E-state index in [0.717, 1.165) is 23.0 Å². The van der Waals surface area contributed by atoms with Gasteiger partial charge >= 0.3 is 6.03 Å². The number of hydrogen-bond donors (Lipinski definition) is 6. The van der Waals surface area contributed by atoms with E-state index in [2.05, 4.69) is 54.9 Å². The van der Waals surface area contributed by atoms with E-state index in [1.165, 1.54) is 30.6 Å². The molecular formula is C39H63N7O9. The fraction of sp³-hybridized carbons (Fsp3) is 0.564. The van der Waals surface area contributed by atoms with Crippen LogP contribution in [0.15, 0.2) is 30.4 Å². The number of imide groups is 1. The van der Waals surface area contributed by atoms with Gasteiger partial charge in [-0.25, -0.2) is 4.79 Å². The molecule has 0 radical (unpaired) electrons. The number of ether oxygens (including phenoxy) is 1. The molecule has 0 spiro atoms. The highest BCUT2D eigenvalue weighted by molar-refractivity contribution is 6.12. The van der Waals surface area contributed by atoms with E-state index in [1.54, 1.807) is 25.2 Å². The summed E-state index contributed by atoms with van der Waals surface area (Å²) in [6.07, 6.45) is 17.0. The molecule has 2 aliphatic rings. The van der Waals surface area contributed by atoms with Crippen molar-refractivity contribution in [2.24, 2.45) is 11.7 Å². The molecule has 8 amide bonds. The van der Waals surface area contributed by atoms with Crippen molar-refractivity contribution in [3.05, 3.63) is 41.5 Å². The summed E-state index contributed by atoms with van der Waals surface area (Å²) < 4.78 is 5.28. The Hall–Kier alpha value is -5.27. The summed E-state index contributed by atoms with van der Waals surface area (Å²) in [6, 6.07) is 3.02. The van der Waals surface area contributed by atoms with Gasteiger partial charge in [0.1, 0.15) is 6.04 Å². The van der Waals surface area contributed by atoms with Crippen LogP contribution in [0.2, 0.25) is 0 Å². The molecule has 1 aliphatic carbocycles. The Labute approximate surface area is 326 Å². The fourth-order valence-corrected chi connectivity index (χ4v) is 4.53. The van der Waals surface area contributed by atoms with E-state index in [9.17, 15) is 38.7 Å². The van der Waals surface area contributed by atoms with Gasteiger partial charge in [0.2, 0.25) is 24.1 Å². The van der Waals surface area contributed by atoms with Crippen molar-refractivity contribution in [2.75, 3.05) is 45.2 Å². The van der Waals surface area contributed by atoms with Crippen molar-refractivity contribution < 1.29 is 43.4 Å². The number of benzene rings is 1. The van der Waals surface area contributed by atoms with Gasteiger partial charge in [0, 0.05) is 44.4 Å². The first-order valence-electron chi connectivity index (χ1n) is 18.6. The number of carbonyl (C=O) groups excluding carboxylic acids is 7. The number of anilines is 1. The van der Waals surface area contributed by atoms with Crippen LogP contribution < -0.4 is 27.0 Å². The summed E-state index contributed by atoms with van der Waals surface area (Å²) in [4.78, 5) is 85.1. The minimum atomic E-state index is -1.04. The largest absolute Gasteiger partial charge is 0.392 e. The number of hydrogen-bond acceptors (Lipinski definition) is 9. The highest BCUT2D eigenvalue weighted by atomic mass is 16.5. The van der Waals surface area contributed by atoms with E-state index >= 15 is 0 Å². The zero-order valence-electron chi connectivity index (χ0n) is 33.4. The Morgan fingerprint density at radius 2 is 1.64 bits per heavy atom. The Morgan fingerprint density at radius 3 is 2.15 bits per heavy atom. The van der Waals surface area contributed by atoms with E-state index in [-0.39, 0.29) is 52.3 Å². The molecule has 7 N–H and O–H groups in total. The van der Waals surface area contributed by atoms with Gasteiger partial charge in [-0.3, -0.25) is 33.7 Å². The van der Waals surface area contributed by atoms with Gasteiger partial charge < -0.3 is 41.7 Å². The first kappa shape index (κ1) is 51.8. The first-order valence-corrected chi connectivity index (χ1v) is 18.6. The van der Waals surface area contributed by atoms with Crippen LogP contribution in [-0.2, 0) is 46.7 Å². The van der Waals surface area contributed by atoms with Crippen LogP contribution in [0.1, 0.15) is 90.7 Å². The second-order valence-electron chi connectivity index (χ2n) is 12.2. The van der Waals surface area contributed by atoms with Crippen LogP contribution in [-0.4, -0.2) is 103 Å². The van der Waals surface area contributed by atoms with Gasteiger partial charge in [0.25, 0.3) is 11.8 Å². The number of nitrogens with zero attached hydrogens (tertiary/aromatic N) is 2. The Balaban J connectivity index is 0. The van der Waals surface area contributed by atoms with Crippen LogP contribution in [0.25, 0.3) is 0 Å². The van der Waals surface area contributed by atoms with Gasteiger partial charge in [-0.1, -0.05) is 66.4 Å². The molecular weight excluding hydrogens is 710 g/mol. The van der Waals surface area contributed by atoms with E-state index in [1.807, 2.05) is 13.8 Å². The zero-order valence-corrected chi connectivity index (χ0v) is 33.4. The third-order valence-electron chi connectivity index (χ3n) is 7.54. The van der Waals surface area contributed by atoms with E-state index in [0.29, 0.717) is 29.6 Å². The normalized spacial score (nSPS) is 12.9. The second-order valence-corrected chi connectivity index (χ2v) is 12.2. The van der Waals surface area contributed by atoms with Crippen LogP contribution >= 0.6 is 0 Å². The van der Waals surface area contributed by atoms with Gasteiger partial charge in [-0.15, -0.1) is 12.8 Å². The molecule has 1 aromatic rings. The SMILES string of the molecule is C#C.CC.CC1CCC1.CCC.CN(C=O)Cc1cc(NC(=O)[C@H](CCCNC(N)=O)NC(=O)CNC(=O)CCOCCN2C(=O)C=CC2=O)ccc1CO. The maximum Gasteiger partial charge on any atom is 0.312 e. The number of aliphatic hydroxyl groups excluding tert-OH is 1. The summed E-state index contributed by atoms with van der Waals surface area (Å²) in [5.74, 6) is -1.49. The van der Waals surface area contributed by atoms with Gasteiger partial charge in [0.15, 0.2) is 0 Å². The van der Waals surface area contributed by atoms with Crippen molar-refractivity contribution in [3.63, 3.8) is 0 Å². The van der Waals surface area contributed by atoms with Gasteiger partial charge in [0.05, 0.1) is 32.9 Å². The summed E-state index contributed by atoms with van der Waals surface area (Å²) >= 11 is 0. The molecule has 0 aromatic heterocycles. The molecule has 1 atom stereocenters. The maximum absolute atomic E-state index is 13.1. The number of urea groups is 1. The third kappa shape index (κ3) is 23.9. The van der Waals surface area contributed by atoms with Crippen molar-refractivity contribution >= 4 is 47.7 Å². The number of aliphatic hydroxyl groups is 1. The van der Waals surface area contributed by atoms with Crippen molar-refractivity contribution in [2.45, 2.75) is 98.8 Å². The quantitative estimate of drug-likeness (QED) is 0.0525. The van der Waals surface area contributed by atoms with Crippen LogP contribution in [0, 0.1) is 18.8 Å². The van der Waals surface area contributed by atoms with Gasteiger partial charge in [-0.2, -0.15) is 0 Å². The number of nitrogens with two attached hydrogens (primary N) is 1. The second kappa shape index (κ2) is 32.2. The van der Waals surface area contributed by atoms with E-state index in [4.69, 9.17) is 10.5 Å². The number of rotatable bonds is 19. The summed E-state index contributed by atoms with van der Waals surface area (Å²) in [5, 5.41) is 19.7. The Kier molecular flexibility index (Phi) is 30.3. The number of amides is 8. The highest BCUT2D eigenvalue weighted by Crippen LogP contribution is 2.24. The molecule has 0 unspecified atom stereocenters. The molecule has 308 valence electrons. The standard InChI is InChI=1S/C27H37N7O9.C5H10.C3H8.C2H6.C2H2/c1-33(17-36)15-19-13-20(5-4-18(19)16-35)31-26(41)21(3-2-9-29-27(28)42)32-23(38)14-30-22(37)8-11-43-12-10-34-24(39)6-7-25(34)40;1-5-3-2-4-5;1-3-2;2*1-2/h4-7,13,17,21,35H,2-3,8-12,14-16H2,1H3,(H,30,37)(H,31,41)(H,32,38)(H3,28,29,42);5H,2-4H2,1H3;3H2,1-2H3;1-2H3;1-2H/t21-;;;;/m0..../s1. The average molecular weight is 774 g/mol. The van der Waals surface area contributed by atoms with Crippen molar-refractivity contribution in [1.29, 1.82) is 0 Å². The lowest BCUT2D eigenvalue weighted by atomic mass is 9.88. The minimum Gasteiger partial charge on any atom is -0.392 e. The smallest absolute Gasteiger partial charge is 0.312 e. The first-order chi connectivity index (χ1) is 26.3. The zero-order chi connectivity index (χ0) is 42.2. The molecule has 0 bridgehead atoms. The summed E-state index contributed by atoms with van der Waals surface area (Å²) in [6.45, 7) is 10.3. The van der Waals surface area contributed by atoms with Crippen molar-refractivity contribution in [3.8, 4) is 12.8 Å². The number of terminal acetylenes is 1. The molecule has 0 saturated heterocycles. The molecule has 16 nitrogen and oxygen atoms in total. The average Bonchev–Trinajstić information content (AvgIpc) is 3.48. The predicted octanol–water partition coefficient (Wildman–Crippen LogP) is 2.59. The van der Waals surface area contributed by atoms with Crippen LogP contribution in [0.5, 0.6) is 0 Å². The van der Waals surface area contributed by atoms with E-state index < -0.39 is 48.2 Å². The summed E-state index contributed by atoms with van der Waals surface area (Å²) in [5.41, 5.74) is 6.63. The highest BCUT2D eigenvalue weighted by Gasteiger charge is 2.23. The van der Waals surface area contributed by atoms with Crippen LogP contribution in [0.3, 0.4) is 0 Å². The summed E-state index contributed by atoms with van der Waals surface area (Å²) in [7, 11) is 1.57. The van der Waals surface area contributed by atoms with Crippen molar-refractivity contribution in [1.82, 2.24) is 25.8 Å². The third-order valence-corrected chi connectivity index (χ3v) is 7.54. The molecule has 1 fully saturated rings. The Morgan fingerprint density at radius 1 is 1.04 bits per heavy atom. The number of carbonyl (C=O) groups is 7. The topological polar surface area (TPSA) is 230 Å². The number of primary amides is 1. The lowest BCUT2D eigenvalue weighted by Gasteiger charge is -2.20. The monoisotopic (exact) mass is 773 g/mol. The fourth-order valence-electron chi connectivity index (χ4n) is 4.53. The van der Waals surface area contributed by atoms with Crippen LogP contribution in [0.4, 0.5) is 10.5 Å². The van der Waals surface area contributed by atoms with Gasteiger partial charge in [-0.05, 0) is 42.0 Å². The predicted molar refractivity (Wildman–Crippen MR) is 212 cm³/mol. The molecule has 1 aromatic carbocycles. The lowest BCUT2D eigenvalue weighted by molar-refractivity contribution is -0.138. The number of nitrogens with one attached hydrogen (secondary N) is 4. The molecule has 3 rings (SSSR count). The Bertz CT molecular complexity index is 1360. The minimum absolute atomic E-state index is 0.00526. The lowest BCUT2D eigenvalue weighted by Crippen LogP contribution is -2.47. The maximum atomic E-state index is 13.1. The molecule has 1 heterocycles. The molecule has 16 heteroatoms. The molecule has 1 aliphatic heterocycles. The molecule has 1 saturated carbocycles. The molecule has 55 heavy (non-hydrogen) atoms.